The number of hydrogen-bond donors (Lipinski definition) is 0. The van der Waals surface area contributed by atoms with Gasteiger partial charge in [-0.1, -0.05) is 120 Å². The van der Waals surface area contributed by atoms with Crippen LogP contribution in [0.15, 0.2) is 133 Å². The molecular formula is C56H70Cl2P2Ti2-2. The Labute approximate surface area is 421 Å². The fraction of sp³-hybridized carbons (Fsp3) is 0.357. The summed E-state index contributed by atoms with van der Waals surface area (Å²) in [6.45, 7) is 27.6. The van der Waals surface area contributed by atoms with E-state index in [4.69, 9.17) is 0 Å². The summed E-state index contributed by atoms with van der Waals surface area (Å²) in [5, 5.41) is 14.4. The van der Waals surface area contributed by atoms with Gasteiger partial charge in [-0.25, -0.2) is 0 Å². The molecule has 8 rings (SSSR count). The first-order valence-electron chi connectivity index (χ1n) is 22.0. The van der Waals surface area contributed by atoms with Gasteiger partial charge in [0.15, 0.2) is 0 Å². The molecule has 0 aromatic heterocycles. The molecule has 0 aliphatic carbocycles. The van der Waals surface area contributed by atoms with Crippen molar-refractivity contribution in [1.29, 1.82) is 0 Å². The molecule has 0 radical (unpaired) electrons. The van der Waals surface area contributed by atoms with E-state index in [1.807, 2.05) is 0 Å². The van der Waals surface area contributed by atoms with E-state index in [9.17, 15) is 0 Å². The third-order valence-electron chi connectivity index (χ3n) is 12.6. The Bertz CT molecular complexity index is 2140. The Morgan fingerprint density at radius 2 is 0.742 bits per heavy atom. The van der Waals surface area contributed by atoms with Gasteiger partial charge in [-0.3, -0.25) is 0 Å². The van der Waals surface area contributed by atoms with Gasteiger partial charge in [0.1, 0.15) is 0 Å². The quantitative estimate of drug-likeness (QED) is 0.0728. The summed E-state index contributed by atoms with van der Waals surface area (Å²) in [5.74, 6) is 0. The van der Waals surface area contributed by atoms with E-state index >= 15 is 0 Å². The molecule has 8 aromatic carbocycles. The Balaban J connectivity index is 0.000000414. The molecule has 0 bridgehead atoms. The number of rotatable bonds is 10. The molecule has 0 saturated carbocycles. The standard InChI is InChI=1S/2C17H24P.2C11H11.2ClH.2Ti/c2*1-5-13(3)18(14(4)6-2)17-11-15-9-7-8-10-16(15)12-17;2*1-8-6-7-9(2)11-5-3-4-10(8)11;;;;/h2*7-14H,5-6H2,1-4H3;2*3-7H,1-2H3;2*1H;;/q4*-1;;;2*+2/p-2. The van der Waals surface area contributed by atoms with Crippen molar-refractivity contribution in [2.45, 2.75) is 131 Å². The Kier molecular flexibility index (Phi) is 26.5. The Morgan fingerprint density at radius 1 is 0.435 bits per heavy atom. The molecule has 0 spiro atoms. The molecule has 0 saturated heterocycles. The monoisotopic (exact) mass is 970 g/mol. The van der Waals surface area contributed by atoms with Crippen molar-refractivity contribution in [3.05, 3.63) is 156 Å². The summed E-state index contributed by atoms with van der Waals surface area (Å²) in [6, 6.07) is 48.9. The van der Waals surface area contributed by atoms with Gasteiger partial charge in [0.25, 0.3) is 0 Å². The van der Waals surface area contributed by atoms with E-state index in [-0.39, 0.29) is 84.1 Å². The molecule has 4 atom stereocenters. The Morgan fingerprint density at radius 3 is 1.03 bits per heavy atom. The van der Waals surface area contributed by atoms with Crippen LogP contribution >= 0.6 is 15.8 Å². The predicted octanol–water partition coefficient (Wildman–Crippen LogP) is 10.9. The first kappa shape index (κ1) is 58.2. The topological polar surface area (TPSA) is 0 Å². The third-order valence-corrected chi connectivity index (χ3v) is 19.5. The van der Waals surface area contributed by atoms with Crippen LogP contribution in [-0.2, 0) is 43.4 Å². The van der Waals surface area contributed by atoms with Crippen molar-refractivity contribution < 1.29 is 68.2 Å². The van der Waals surface area contributed by atoms with E-state index in [2.05, 4.69) is 217 Å². The number of halogens is 2. The minimum atomic E-state index is -0.0252. The van der Waals surface area contributed by atoms with E-state index in [1.165, 1.54) is 91.0 Å². The second-order valence-corrected chi connectivity index (χ2v) is 22.8. The molecule has 0 amide bonds. The smallest absolute Gasteiger partial charge is 1.00 e. The van der Waals surface area contributed by atoms with Gasteiger partial charge in [0, 0.05) is 0 Å². The van der Waals surface area contributed by atoms with Gasteiger partial charge >= 0.3 is 43.4 Å². The predicted molar refractivity (Wildman–Crippen MR) is 269 cm³/mol. The second-order valence-electron chi connectivity index (χ2n) is 16.6. The van der Waals surface area contributed by atoms with Crippen LogP contribution in [0.5, 0.6) is 0 Å². The van der Waals surface area contributed by atoms with E-state index < -0.39 is 0 Å². The average Bonchev–Trinajstić information content (AvgIpc) is 4.08. The largest absolute Gasteiger partial charge is 2.00 e. The van der Waals surface area contributed by atoms with Crippen LogP contribution in [0, 0.1) is 27.7 Å². The number of benzene rings is 4. The molecule has 328 valence electrons. The molecule has 62 heavy (non-hydrogen) atoms. The van der Waals surface area contributed by atoms with Gasteiger partial charge in [-0.15, -0.1) is 138 Å². The molecule has 6 heteroatoms. The molecule has 0 aliphatic heterocycles. The van der Waals surface area contributed by atoms with E-state index in [1.54, 1.807) is 10.6 Å². The maximum Gasteiger partial charge on any atom is 2.00 e. The van der Waals surface area contributed by atoms with E-state index in [0.29, 0.717) is 0 Å². The summed E-state index contributed by atoms with van der Waals surface area (Å²) in [7, 11) is -0.0504. The minimum absolute atomic E-state index is 0. The summed E-state index contributed by atoms with van der Waals surface area (Å²) in [4.78, 5) is 0. The molecule has 0 aliphatic rings. The molecule has 8 aromatic rings. The minimum Gasteiger partial charge on any atom is -1.00 e. The van der Waals surface area contributed by atoms with Crippen LogP contribution in [-0.4, -0.2) is 22.6 Å². The fourth-order valence-electron chi connectivity index (χ4n) is 8.31. The molecule has 0 nitrogen and oxygen atoms in total. The van der Waals surface area contributed by atoms with Crippen molar-refractivity contribution in [3.8, 4) is 0 Å². The van der Waals surface area contributed by atoms with Gasteiger partial charge < -0.3 is 24.8 Å². The summed E-state index contributed by atoms with van der Waals surface area (Å²) >= 11 is 0. The van der Waals surface area contributed by atoms with Crippen molar-refractivity contribution in [2.75, 3.05) is 0 Å². The summed E-state index contributed by atoms with van der Waals surface area (Å²) < 4.78 is 0. The van der Waals surface area contributed by atoms with Crippen molar-refractivity contribution in [1.82, 2.24) is 0 Å². The van der Waals surface area contributed by atoms with Crippen LogP contribution in [0.1, 0.15) is 103 Å². The second kappa shape index (κ2) is 28.3. The van der Waals surface area contributed by atoms with Gasteiger partial charge in [0.2, 0.25) is 0 Å². The van der Waals surface area contributed by atoms with Gasteiger partial charge in [0.05, 0.1) is 0 Å². The fourth-order valence-corrected chi connectivity index (χ4v) is 14.8. The van der Waals surface area contributed by atoms with E-state index in [0.717, 1.165) is 22.6 Å². The molecule has 0 heterocycles. The molecule has 0 N–H and O–H groups in total. The zero-order valence-corrected chi connectivity index (χ0v) is 45.9. The zero-order valence-electron chi connectivity index (χ0n) is 39.5. The first-order valence-corrected chi connectivity index (χ1v) is 25.0. The maximum absolute atomic E-state index is 2.43. The average molecular weight is 972 g/mol. The van der Waals surface area contributed by atoms with Gasteiger partial charge in [-0.2, -0.15) is 36.4 Å². The zero-order chi connectivity index (χ0) is 41.9. The van der Waals surface area contributed by atoms with Gasteiger partial charge in [-0.05, 0) is 62.2 Å². The molecule has 4 unspecified atom stereocenters. The van der Waals surface area contributed by atoms with Crippen LogP contribution in [0.3, 0.4) is 0 Å². The molecule has 0 fully saturated rings. The number of hydrogen-bond acceptors (Lipinski definition) is 0. The van der Waals surface area contributed by atoms with Crippen molar-refractivity contribution in [3.63, 3.8) is 0 Å². The van der Waals surface area contributed by atoms with Crippen LogP contribution in [0.4, 0.5) is 0 Å². The SMILES string of the molecule is CCC(C)P(c1cc2ccccc2[cH-]1)C(C)CC.CCC(C)P(c1cc2ccccc2[cH-]1)C(C)CC.Cc1ccc(C)c2[cH-]ccc12.Cc1ccc(C)c2[cH-]ccc12.[Cl-].[Cl-].[Ti+2].[Ti+2]. The maximum atomic E-state index is 2.43. The van der Waals surface area contributed by atoms with Crippen LogP contribution in [0.25, 0.3) is 43.1 Å². The molecular weight excluding hydrogens is 901 g/mol. The Hall–Kier alpha value is -1.81. The van der Waals surface area contributed by atoms with Crippen LogP contribution in [0.2, 0.25) is 0 Å². The normalized spacial score (nSPS) is 13.5. The number of fused-ring (bicyclic) bond motifs is 4. The number of aryl methyl sites for hydroxylation is 4. The third kappa shape index (κ3) is 14.6. The summed E-state index contributed by atoms with van der Waals surface area (Å²) in [6.07, 6.45) is 5.16. The van der Waals surface area contributed by atoms with Crippen molar-refractivity contribution in [2.24, 2.45) is 0 Å². The van der Waals surface area contributed by atoms with Crippen LogP contribution < -0.4 is 35.4 Å². The van der Waals surface area contributed by atoms with Crippen molar-refractivity contribution >= 4 is 69.5 Å². The first-order chi connectivity index (χ1) is 27.9. The summed E-state index contributed by atoms with van der Waals surface area (Å²) in [5.41, 5.74) is 8.79.